The molecule has 0 aliphatic rings. The molecule has 0 aliphatic heterocycles. The van der Waals surface area contributed by atoms with Gasteiger partial charge in [-0.25, -0.2) is 4.39 Å². The molecule has 1 aromatic rings. The largest absolute Gasteiger partial charge is 0.369 e. The molecule has 0 fully saturated rings. The zero-order chi connectivity index (χ0) is 13.1. The predicted molar refractivity (Wildman–Crippen MR) is 60.8 cm³/mol. The summed E-state index contributed by atoms with van der Waals surface area (Å²) in [4.78, 5) is 11.8. The second kappa shape index (κ2) is 4.93. The smallest absolute Gasteiger partial charge is 0.256 e. The van der Waals surface area contributed by atoms with Crippen molar-refractivity contribution in [3.8, 4) is 6.07 Å². The number of amides is 1. The normalized spacial score (nSPS) is 10.8. The van der Waals surface area contributed by atoms with Gasteiger partial charge in [-0.05, 0) is 26.0 Å². The molecule has 0 unspecified atom stereocenters. The molecule has 5 heteroatoms. The van der Waals surface area contributed by atoms with E-state index in [4.69, 9.17) is 10.00 Å². The first kappa shape index (κ1) is 13.1. The molecule has 1 aromatic carbocycles. The van der Waals surface area contributed by atoms with Gasteiger partial charge in [-0.15, -0.1) is 0 Å². The number of halogens is 1. The molecule has 0 heterocycles. The van der Waals surface area contributed by atoms with E-state index in [1.54, 1.807) is 19.9 Å². The van der Waals surface area contributed by atoms with E-state index < -0.39 is 17.3 Å². The molecule has 0 aliphatic carbocycles. The maximum Gasteiger partial charge on any atom is 0.256 e. The van der Waals surface area contributed by atoms with Crippen molar-refractivity contribution in [2.24, 2.45) is 0 Å². The number of carbonyl (C=O) groups is 1. The first-order valence-corrected chi connectivity index (χ1v) is 4.97. The van der Waals surface area contributed by atoms with Gasteiger partial charge >= 0.3 is 0 Å². The number of hydrogen-bond donors (Lipinski definition) is 1. The molecular formula is C12H13FN2O2. The Morgan fingerprint density at radius 2 is 2.18 bits per heavy atom. The van der Waals surface area contributed by atoms with Gasteiger partial charge in [0.2, 0.25) is 0 Å². The van der Waals surface area contributed by atoms with Crippen LogP contribution in [-0.4, -0.2) is 18.6 Å². The van der Waals surface area contributed by atoms with Gasteiger partial charge in [-0.1, -0.05) is 6.07 Å². The van der Waals surface area contributed by atoms with Crippen LogP contribution in [0.2, 0.25) is 0 Å². The van der Waals surface area contributed by atoms with E-state index in [0.717, 1.165) is 6.07 Å². The van der Waals surface area contributed by atoms with Crippen molar-refractivity contribution in [2.75, 3.05) is 12.4 Å². The predicted octanol–water partition coefficient (Wildman–Crippen LogP) is 2.06. The Kier molecular flexibility index (Phi) is 3.81. The summed E-state index contributed by atoms with van der Waals surface area (Å²) < 4.78 is 18.3. The third-order valence-corrected chi connectivity index (χ3v) is 2.43. The minimum absolute atomic E-state index is 0.141. The van der Waals surface area contributed by atoms with Crippen molar-refractivity contribution in [1.82, 2.24) is 0 Å². The number of hydrogen-bond acceptors (Lipinski definition) is 3. The van der Waals surface area contributed by atoms with Crippen LogP contribution in [-0.2, 0) is 9.53 Å². The second-order valence-electron chi connectivity index (χ2n) is 3.94. The molecule has 0 saturated heterocycles. The van der Waals surface area contributed by atoms with E-state index in [2.05, 4.69) is 5.32 Å². The number of rotatable bonds is 3. The average Bonchev–Trinajstić information content (AvgIpc) is 2.29. The number of ether oxygens (including phenoxy) is 1. The Bertz CT molecular complexity index is 478. The highest BCUT2D eigenvalue weighted by molar-refractivity contribution is 5.97. The molecule has 0 radical (unpaired) electrons. The lowest BCUT2D eigenvalue weighted by atomic mass is 10.1. The molecule has 0 saturated carbocycles. The van der Waals surface area contributed by atoms with Crippen LogP contribution in [0.5, 0.6) is 0 Å². The molecule has 1 amide bonds. The second-order valence-corrected chi connectivity index (χ2v) is 3.94. The van der Waals surface area contributed by atoms with Gasteiger partial charge in [0.05, 0.1) is 5.69 Å². The van der Waals surface area contributed by atoms with E-state index in [0.29, 0.717) is 0 Å². The van der Waals surface area contributed by atoms with Gasteiger partial charge in [-0.3, -0.25) is 4.79 Å². The summed E-state index contributed by atoms with van der Waals surface area (Å²) in [6.07, 6.45) is 0. The van der Waals surface area contributed by atoms with Crippen molar-refractivity contribution in [2.45, 2.75) is 19.4 Å². The molecule has 90 valence electrons. The highest BCUT2D eigenvalue weighted by atomic mass is 19.1. The average molecular weight is 236 g/mol. The first-order valence-electron chi connectivity index (χ1n) is 4.97. The molecule has 0 aromatic heterocycles. The van der Waals surface area contributed by atoms with Crippen molar-refractivity contribution in [3.05, 3.63) is 29.6 Å². The number of anilines is 1. The summed E-state index contributed by atoms with van der Waals surface area (Å²) in [5, 5.41) is 11.3. The summed E-state index contributed by atoms with van der Waals surface area (Å²) in [5.41, 5.74) is -1.09. The number of methoxy groups -OCH3 is 1. The molecule has 1 rings (SSSR count). The van der Waals surface area contributed by atoms with E-state index in [9.17, 15) is 9.18 Å². The lowest BCUT2D eigenvalue weighted by Crippen LogP contribution is -2.39. The van der Waals surface area contributed by atoms with E-state index in [-0.39, 0.29) is 11.3 Å². The fourth-order valence-corrected chi connectivity index (χ4v) is 1.11. The quantitative estimate of drug-likeness (QED) is 0.873. The number of carbonyl (C=O) groups excluding carboxylic acids is 1. The van der Waals surface area contributed by atoms with Crippen LogP contribution in [0.4, 0.5) is 10.1 Å². The fourth-order valence-electron chi connectivity index (χ4n) is 1.11. The summed E-state index contributed by atoms with van der Waals surface area (Å²) in [6, 6.07) is 5.76. The Hall–Kier alpha value is -1.93. The Labute approximate surface area is 99.0 Å². The maximum atomic E-state index is 13.3. The van der Waals surface area contributed by atoms with E-state index in [1.807, 2.05) is 0 Å². The zero-order valence-electron chi connectivity index (χ0n) is 9.87. The van der Waals surface area contributed by atoms with Crippen LogP contribution < -0.4 is 5.32 Å². The van der Waals surface area contributed by atoms with Gasteiger partial charge < -0.3 is 10.1 Å². The zero-order valence-corrected chi connectivity index (χ0v) is 9.87. The van der Waals surface area contributed by atoms with Gasteiger partial charge in [-0.2, -0.15) is 5.26 Å². The third kappa shape index (κ3) is 2.80. The summed E-state index contributed by atoms with van der Waals surface area (Å²) in [5.74, 6) is -1.11. The molecular weight excluding hydrogens is 223 g/mol. The Morgan fingerprint density at radius 1 is 1.53 bits per heavy atom. The number of nitriles is 1. The molecule has 4 nitrogen and oxygen atoms in total. The van der Waals surface area contributed by atoms with Gasteiger partial charge in [0, 0.05) is 7.11 Å². The Morgan fingerprint density at radius 3 is 2.71 bits per heavy atom. The topological polar surface area (TPSA) is 62.1 Å². The molecule has 0 bridgehead atoms. The minimum Gasteiger partial charge on any atom is -0.369 e. The van der Waals surface area contributed by atoms with Crippen molar-refractivity contribution >= 4 is 11.6 Å². The van der Waals surface area contributed by atoms with Crippen LogP contribution >= 0.6 is 0 Å². The number of nitrogens with zero attached hydrogens (tertiary/aromatic N) is 1. The van der Waals surface area contributed by atoms with Crippen molar-refractivity contribution < 1.29 is 13.9 Å². The van der Waals surface area contributed by atoms with Crippen LogP contribution in [0.15, 0.2) is 18.2 Å². The Balaban J connectivity index is 3.02. The standard InChI is InChI=1S/C12H13FN2O2/c1-12(2,17-3)11(16)15-10-6-4-5-9(13)8(10)7-14/h4-6H,1-3H3,(H,15,16). The van der Waals surface area contributed by atoms with Crippen molar-refractivity contribution in [3.63, 3.8) is 0 Å². The van der Waals surface area contributed by atoms with E-state index in [1.165, 1.54) is 19.2 Å². The fraction of sp³-hybridized carbons (Fsp3) is 0.333. The van der Waals surface area contributed by atoms with Crippen LogP contribution in [0.3, 0.4) is 0 Å². The maximum absolute atomic E-state index is 13.3. The highest BCUT2D eigenvalue weighted by Crippen LogP contribution is 2.20. The van der Waals surface area contributed by atoms with Crippen LogP contribution in [0.1, 0.15) is 19.4 Å². The monoisotopic (exact) mass is 236 g/mol. The van der Waals surface area contributed by atoms with Gasteiger partial charge in [0.15, 0.2) is 0 Å². The molecule has 0 atom stereocenters. The van der Waals surface area contributed by atoms with Gasteiger partial charge in [0.1, 0.15) is 23.1 Å². The van der Waals surface area contributed by atoms with Gasteiger partial charge in [0.25, 0.3) is 5.91 Å². The SMILES string of the molecule is COC(C)(C)C(=O)Nc1cccc(F)c1C#N. The van der Waals surface area contributed by atoms with E-state index >= 15 is 0 Å². The molecule has 1 N–H and O–H groups in total. The van der Waals surface area contributed by atoms with Crippen LogP contribution in [0, 0.1) is 17.1 Å². The number of nitrogens with one attached hydrogen (secondary N) is 1. The number of benzene rings is 1. The summed E-state index contributed by atoms with van der Waals surface area (Å²) >= 11 is 0. The molecule has 17 heavy (non-hydrogen) atoms. The summed E-state index contributed by atoms with van der Waals surface area (Å²) in [7, 11) is 1.40. The first-order chi connectivity index (χ1) is 7.92. The lowest BCUT2D eigenvalue weighted by molar-refractivity contribution is -0.133. The molecule has 0 spiro atoms. The lowest BCUT2D eigenvalue weighted by Gasteiger charge is -2.22. The third-order valence-electron chi connectivity index (χ3n) is 2.43. The summed E-state index contributed by atoms with van der Waals surface area (Å²) in [6.45, 7) is 3.15. The van der Waals surface area contributed by atoms with Crippen LogP contribution in [0.25, 0.3) is 0 Å². The van der Waals surface area contributed by atoms with Crippen molar-refractivity contribution in [1.29, 1.82) is 5.26 Å². The highest BCUT2D eigenvalue weighted by Gasteiger charge is 2.27. The minimum atomic E-state index is -1.04.